The fourth-order valence-electron chi connectivity index (χ4n) is 2.07. The fourth-order valence-corrected chi connectivity index (χ4v) is 2.61. The first kappa shape index (κ1) is 18.8. The highest BCUT2D eigenvalue weighted by molar-refractivity contribution is 9.10. The maximum Gasteiger partial charge on any atom is 0.273 e. The second-order valence-electron chi connectivity index (χ2n) is 5.42. The molecule has 0 aliphatic carbocycles. The number of amides is 2. The van der Waals surface area contributed by atoms with Gasteiger partial charge in [0, 0.05) is 5.56 Å². The van der Waals surface area contributed by atoms with Crippen LogP contribution in [-0.2, 0) is 0 Å². The second kappa shape index (κ2) is 8.53. The van der Waals surface area contributed by atoms with Crippen LogP contribution in [0.25, 0.3) is 0 Å². The van der Waals surface area contributed by atoms with Crippen LogP contribution in [0.5, 0.6) is 11.5 Å². The van der Waals surface area contributed by atoms with Gasteiger partial charge in [0.15, 0.2) is 0 Å². The minimum Gasteiger partial charge on any atom is -0.496 e. The molecule has 0 saturated heterocycles. The van der Waals surface area contributed by atoms with Crippen LogP contribution in [-0.4, -0.2) is 25.0 Å². The van der Waals surface area contributed by atoms with Crippen molar-refractivity contribution in [3.05, 3.63) is 58.1 Å². The smallest absolute Gasteiger partial charge is 0.273 e. The third kappa shape index (κ3) is 4.96. The topological polar surface area (TPSA) is 76.7 Å². The Hall–Kier alpha value is -2.54. The quantitative estimate of drug-likeness (QED) is 0.746. The number of para-hydroxylation sites is 1. The van der Waals surface area contributed by atoms with Gasteiger partial charge in [0.1, 0.15) is 11.5 Å². The number of rotatable bonds is 5. The zero-order chi connectivity index (χ0) is 18.4. The van der Waals surface area contributed by atoms with Gasteiger partial charge in [-0.1, -0.05) is 12.1 Å². The average Bonchev–Trinajstić information content (AvgIpc) is 2.59. The molecule has 0 bridgehead atoms. The Bertz CT molecular complexity index is 777. The largest absolute Gasteiger partial charge is 0.496 e. The molecule has 0 aliphatic rings. The van der Waals surface area contributed by atoms with E-state index >= 15 is 0 Å². The molecule has 2 aromatic carbocycles. The molecule has 0 unspecified atom stereocenters. The van der Waals surface area contributed by atoms with E-state index in [1.807, 2.05) is 13.8 Å². The van der Waals surface area contributed by atoms with E-state index in [1.54, 1.807) is 42.5 Å². The molecule has 2 N–H and O–H groups in total. The van der Waals surface area contributed by atoms with Gasteiger partial charge >= 0.3 is 0 Å². The number of hydrogen-bond donors (Lipinski definition) is 2. The van der Waals surface area contributed by atoms with Crippen LogP contribution in [0.2, 0.25) is 0 Å². The van der Waals surface area contributed by atoms with E-state index in [-0.39, 0.29) is 6.10 Å². The average molecular weight is 407 g/mol. The molecule has 6 nitrogen and oxygen atoms in total. The Morgan fingerprint density at radius 1 is 1.00 bits per heavy atom. The third-order valence-electron chi connectivity index (χ3n) is 3.20. The molecule has 2 amide bonds. The summed E-state index contributed by atoms with van der Waals surface area (Å²) in [6.07, 6.45) is -0.0693. The van der Waals surface area contributed by atoms with Crippen LogP contribution in [0, 0.1) is 0 Å². The third-order valence-corrected chi connectivity index (χ3v) is 3.82. The second-order valence-corrected chi connectivity index (χ2v) is 6.27. The summed E-state index contributed by atoms with van der Waals surface area (Å²) < 4.78 is 11.4. The molecule has 0 aliphatic heterocycles. The maximum atomic E-state index is 12.3. The number of carbonyl (C=O) groups excluding carboxylic acids is 2. The summed E-state index contributed by atoms with van der Waals surface area (Å²) in [5.41, 5.74) is 5.50. The van der Waals surface area contributed by atoms with Crippen molar-refractivity contribution in [3.8, 4) is 11.5 Å². The lowest BCUT2D eigenvalue weighted by atomic mass is 10.2. The van der Waals surface area contributed by atoms with Crippen LogP contribution in [0.3, 0.4) is 0 Å². The number of hydrogen-bond acceptors (Lipinski definition) is 4. The van der Waals surface area contributed by atoms with Crippen molar-refractivity contribution in [2.24, 2.45) is 0 Å². The highest BCUT2D eigenvalue weighted by atomic mass is 79.9. The van der Waals surface area contributed by atoms with Gasteiger partial charge in [0.05, 0.1) is 23.2 Å². The van der Waals surface area contributed by atoms with Crippen molar-refractivity contribution in [3.63, 3.8) is 0 Å². The highest BCUT2D eigenvalue weighted by Gasteiger charge is 2.15. The van der Waals surface area contributed by atoms with Crippen molar-refractivity contribution < 1.29 is 19.1 Å². The van der Waals surface area contributed by atoms with Gasteiger partial charge in [-0.2, -0.15) is 0 Å². The molecule has 0 saturated carbocycles. The molecule has 0 fully saturated rings. The molecule has 2 aromatic rings. The zero-order valence-electron chi connectivity index (χ0n) is 14.1. The standard InChI is InChI=1S/C18H19BrN2O4/c1-11(2)25-15-7-5-4-6-13(15)18(23)21-20-17(22)12-8-9-16(24-3)14(19)10-12/h4-11H,1-3H3,(H,20,22)(H,21,23). The van der Waals surface area contributed by atoms with Crippen LogP contribution >= 0.6 is 15.9 Å². The van der Waals surface area contributed by atoms with E-state index in [2.05, 4.69) is 26.8 Å². The van der Waals surface area contributed by atoms with Crippen molar-refractivity contribution in [2.45, 2.75) is 20.0 Å². The van der Waals surface area contributed by atoms with Crippen molar-refractivity contribution in [1.82, 2.24) is 10.9 Å². The molecule has 0 radical (unpaired) electrons. The molecular formula is C18H19BrN2O4. The monoisotopic (exact) mass is 406 g/mol. The van der Waals surface area contributed by atoms with Crippen LogP contribution in [0.15, 0.2) is 46.9 Å². The molecular weight excluding hydrogens is 388 g/mol. The summed E-state index contributed by atoms with van der Waals surface area (Å²) in [6, 6.07) is 11.7. The van der Waals surface area contributed by atoms with Crippen LogP contribution in [0.4, 0.5) is 0 Å². The number of benzene rings is 2. The Morgan fingerprint density at radius 2 is 1.68 bits per heavy atom. The molecule has 0 aromatic heterocycles. The van der Waals surface area contributed by atoms with E-state index in [9.17, 15) is 9.59 Å². The first-order chi connectivity index (χ1) is 11.9. The van der Waals surface area contributed by atoms with Crippen molar-refractivity contribution >= 4 is 27.7 Å². The van der Waals surface area contributed by atoms with Gasteiger partial charge in [-0.05, 0) is 60.1 Å². The SMILES string of the molecule is COc1ccc(C(=O)NNC(=O)c2ccccc2OC(C)C)cc1Br. The predicted octanol–water partition coefficient (Wildman–Crippen LogP) is 3.32. The summed E-state index contributed by atoms with van der Waals surface area (Å²) in [4.78, 5) is 24.5. The van der Waals surface area contributed by atoms with Gasteiger partial charge in [-0.25, -0.2) is 0 Å². The minimum absolute atomic E-state index is 0.0693. The van der Waals surface area contributed by atoms with Crippen LogP contribution < -0.4 is 20.3 Å². The number of carbonyl (C=O) groups is 2. The molecule has 7 heteroatoms. The Labute approximate surface area is 154 Å². The van der Waals surface area contributed by atoms with Gasteiger partial charge in [-0.15, -0.1) is 0 Å². The molecule has 0 heterocycles. The minimum atomic E-state index is -0.461. The van der Waals surface area contributed by atoms with Gasteiger partial charge in [0.2, 0.25) is 0 Å². The Kier molecular flexibility index (Phi) is 6.41. The van der Waals surface area contributed by atoms with E-state index < -0.39 is 11.8 Å². The van der Waals surface area contributed by atoms with E-state index in [0.717, 1.165) is 0 Å². The predicted molar refractivity (Wildman–Crippen MR) is 97.8 cm³/mol. The zero-order valence-corrected chi connectivity index (χ0v) is 15.7. The highest BCUT2D eigenvalue weighted by Crippen LogP contribution is 2.25. The first-order valence-electron chi connectivity index (χ1n) is 7.62. The number of ether oxygens (including phenoxy) is 2. The van der Waals surface area contributed by atoms with Gasteiger partial charge < -0.3 is 9.47 Å². The Morgan fingerprint density at radius 3 is 2.32 bits per heavy atom. The summed E-state index contributed by atoms with van der Waals surface area (Å²) in [5.74, 6) is 0.160. The lowest BCUT2D eigenvalue weighted by molar-refractivity contribution is 0.0843. The fraction of sp³-hybridized carbons (Fsp3) is 0.222. The molecule has 0 atom stereocenters. The lowest BCUT2D eigenvalue weighted by Gasteiger charge is -2.14. The van der Waals surface area contributed by atoms with E-state index in [1.165, 1.54) is 7.11 Å². The number of methoxy groups -OCH3 is 1. The summed E-state index contributed by atoms with van der Waals surface area (Å²) in [7, 11) is 1.54. The summed E-state index contributed by atoms with van der Waals surface area (Å²) in [6.45, 7) is 3.75. The normalized spacial score (nSPS) is 10.3. The molecule has 0 spiro atoms. The summed E-state index contributed by atoms with van der Waals surface area (Å²) in [5, 5.41) is 0. The van der Waals surface area contributed by atoms with Gasteiger partial charge in [-0.3, -0.25) is 20.4 Å². The number of nitrogens with one attached hydrogen (secondary N) is 2. The van der Waals surface area contributed by atoms with Crippen LogP contribution in [0.1, 0.15) is 34.6 Å². The van der Waals surface area contributed by atoms with Crippen molar-refractivity contribution in [1.29, 1.82) is 0 Å². The molecule has 132 valence electrons. The first-order valence-corrected chi connectivity index (χ1v) is 8.41. The Balaban J connectivity index is 2.05. The molecule has 2 rings (SSSR count). The lowest BCUT2D eigenvalue weighted by Crippen LogP contribution is -2.41. The summed E-state index contributed by atoms with van der Waals surface area (Å²) >= 11 is 3.32. The number of hydrazine groups is 1. The van der Waals surface area contributed by atoms with Crippen molar-refractivity contribution in [2.75, 3.05) is 7.11 Å². The van der Waals surface area contributed by atoms with E-state index in [0.29, 0.717) is 27.1 Å². The number of halogens is 1. The molecule has 25 heavy (non-hydrogen) atoms. The van der Waals surface area contributed by atoms with Gasteiger partial charge in [0.25, 0.3) is 11.8 Å². The van der Waals surface area contributed by atoms with E-state index in [4.69, 9.17) is 9.47 Å². The maximum absolute atomic E-state index is 12.3.